The number of hydrogen-bond acceptors (Lipinski definition) is 5. The van der Waals surface area contributed by atoms with Gasteiger partial charge in [0.2, 0.25) is 0 Å². The first-order valence-electron chi connectivity index (χ1n) is 8.50. The summed E-state index contributed by atoms with van der Waals surface area (Å²) in [5, 5.41) is 0.510. The second-order valence-corrected chi connectivity index (χ2v) is 7.53. The van der Waals surface area contributed by atoms with E-state index in [1.807, 2.05) is 37.3 Å². The van der Waals surface area contributed by atoms with Gasteiger partial charge in [-0.1, -0.05) is 12.1 Å². The molecule has 3 aromatic rings. The van der Waals surface area contributed by atoms with E-state index in [1.54, 1.807) is 16.5 Å². The van der Waals surface area contributed by atoms with Gasteiger partial charge in [0.05, 0.1) is 16.8 Å². The van der Waals surface area contributed by atoms with Crippen LogP contribution in [-0.2, 0) is 7.05 Å². The number of amides is 1. The number of thiazole rings is 1. The Labute approximate surface area is 154 Å². The Kier molecular flexibility index (Phi) is 4.24. The van der Waals surface area contributed by atoms with E-state index in [0.29, 0.717) is 23.8 Å². The number of ether oxygens (including phenoxy) is 1. The molecule has 0 saturated carbocycles. The zero-order valence-electron chi connectivity index (χ0n) is 14.6. The van der Waals surface area contributed by atoms with E-state index in [2.05, 4.69) is 4.98 Å². The fraction of sp³-hybridized carbons (Fsp3) is 0.316. The normalized spacial score (nSPS) is 17.0. The van der Waals surface area contributed by atoms with E-state index < -0.39 is 0 Å². The Morgan fingerprint density at radius 2 is 2.12 bits per heavy atom. The van der Waals surface area contributed by atoms with Crippen LogP contribution in [0.25, 0.3) is 10.2 Å². The summed E-state index contributed by atoms with van der Waals surface area (Å²) in [5.74, 6) is 0.502. The van der Waals surface area contributed by atoms with Crippen LogP contribution in [0.4, 0.5) is 0 Å². The van der Waals surface area contributed by atoms with Crippen molar-refractivity contribution in [2.75, 3.05) is 13.1 Å². The largest absolute Gasteiger partial charge is 0.488 e. The number of pyridine rings is 1. The highest BCUT2D eigenvalue weighted by atomic mass is 32.1. The Morgan fingerprint density at radius 3 is 2.88 bits per heavy atom. The number of carbonyl (C=O) groups excluding carboxylic acids is 1. The number of nitrogens with zero attached hydrogens (tertiary/aromatic N) is 3. The maximum atomic E-state index is 12.7. The van der Waals surface area contributed by atoms with Gasteiger partial charge in [-0.25, -0.2) is 4.98 Å². The lowest BCUT2D eigenvalue weighted by Crippen LogP contribution is -2.31. The highest BCUT2D eigenvalue weighted by molar-refractivity contribution is 7.20. The Morgan fingerprint density at radius 1 is 1.31 bits per heavy atom. The first-order chi connectivity index (χ1) is 12.5. The topological polar surface area (TPSA) is 64.4 Å². The standard InChI is InChI=1S/C19H19N3O3S/c1-12-9-14(10-17(23)21(12)2)25-13-7-8-22(11-13)19(24)18-20-15-5-3-4-6-16(15)26-18/h3-6,9-10,13H,7-8,11H2,1-2H3. The number of likely N-dealkylation sites (tertiary alicyclic amines) is 1. The molecular weight excluding hydrogens is 350 g/mol. The summed E-state index contributed by atoms with van der Waals surface area (Å²) in [6.07, 6.45) is 0.630. The number of aryl methyl sites for hydroxylation is 1. The van der Waals surface area contributed by atoms with Crippen molar-refractivity contribution in [2.24, 2.45) is 7.05 Å². The monoisotopic (exact) mass is 369 g/mol. The molecule has 0 N–H and O–H groups in total. The number of benzene rings is 1. The van der Waals surface area contributed by atoms with Gasteiger partial charge in [-0.15, -0.1) is 11.3 Å². The number of hydrogen-bond donors (Lipinski definition) is 0. The molecule has 1 saturated heterocycles. The summed E-state index contributed by atoms with van der Waals surface area (Å²) >= 11 is 1.42. The summed E-state index contributed by atoms with van der Waals surface area (Å²) < 4.78 is 8.53. The molecule has 1 atom stereocenters. The van der Waals surface area contributed by atoms with Crippen LogP contribution in [0.3, 0.4) is 0 Å². The predicted molar refractivity (Wildman–Crippen MR) is 101 cm³/mol. The minimum absolute atomic E-state index is 0.0579. The van der Waals surface area contributed by atoms with E-state index in [4.69, 9.17) is 4.74 Å². The maximum absolute atomic E-state index is 12.7. The second-order valence-electron chi connectivity index (χ2n) is 6.50. The van der Waals surface area contributed by atoms with Gasteiger partial charge in [0.15, 0.2) is 5.01 Å². The summed E-state index contributed by atoms with van der Waals surface area (Å²) in [7, 11) is 1.73. The van der Waals surface area contributed by atoms with Crippen molar-refractivity contribution in [1.82, 2.24) is 14.5 Å². The van der Waals surface area contributed by atoms with E-state index in [-0.39, 0.29) is 17.6 Å². The smallest absolute Gasteiger partial charge is 0.283 e. The van der Waals surface area contributed by atoms with Crippen molar-refractivity contribution >= 4 is 27.5 Å². The molecule has 1 aliphatic rings. The van der Waals surface area contributed by atoms with Crippen LogP contribution >= 0.6 is 11.3 Å². The third kappa shape index (κ3) is 3.10. The molecule has 0 bridgehead atoms. The van der Waals surface area contributed by atoms with Crippen LogP contribution in [0, 0.1) is 6.92 Å². The molecule has 2 aromatic heterocycles. The zero-order valence-corrected chi connectivity index (χ0v) is 15.5. The van der Waals surface area contributed by atoms with Gasteiger partial charge in [-0.3, -0.25) is 9.59 Å². The molecule has 1 aliphatic heterocycles. The van der Waals surface area contributed by atoms with Crippen LogP contribution in [0.2, 0.25) is 0 Å². The van der Waals surface area contributed by atoms with Gasteiger partial charge in [-0.2, -0.15) is 0 Å². The molecule has 3 heterocycles. The Hall–Kier alpha value is -2.67. The van der Waals surface area contributed by atoms with Crippen molar-refractivity contribution in [2.45, 2.75) is 19.4 Å². The number of carbonyl (C=O) groups is 1. The van der Waals surface area contributed by atoms with E-state index >= 15 is 0 Å². The average Bonchev–Trinajstić information content (AvgIpc) is 3.25. The Balaban J connectivity index is 1.46. The molecule has 1 amide bonds. The summed E-state index contributed by atoms with van der Waals surface area (Å²) in [6, 6.07) is 11.1. The maximum Gasteiger partial charge on any atom is 0.283 e. The molecule has 1 aromatic carbocycles. The molecule has 6 nitrogen and oxygen atoms in total. The SMILES string of the molecule is Cc1cc(OC2CCN(C(=O)c3nc4ccccc4s3)C2)cc(=O)n1C. The number of aromatic nitrogens is 2. The van der Waals surface area contributed by atoms with E-state index in [9.17, 15) is 9.59 Å². The highest BCUT2D eigenvalue weighted by Crippen LogP contribution is 2.25. The second kappa shape index (κ2) is 6.57. The van der Waals surface area contributed by atoms with Crippen molar-refractivity contribution < 1.29 is 9.53 Å². The molecule has 26 heavy (non-hydrogen) atoms. The Bertz CT molecular complexity index is 1010. The quantitative estimate of drug-likeness (QED) is 0.712. The minimum atomic E-state index is -0.111. The highest BCUT2D eigenvalue weighted by Gasteiger charge is 2.30. The molecule has 0 radical (unpaired) electrons. The van der Waals surface area contributed by atoms with Gasteiger partial charge < -0.3 is 14.2 Å². The van der Waals surface area contributed by atoms with Crippen molar-refractivity contribution in [3.05, 3.63) is 57.5 Å². The van der Waals surface area contributed by atoms with Gasteiger partial charge in [0.25, 0.3) is 11.5 Å². The fourth-order valence-corrected chi connectivity index (χ4v) is 4.04. The minimum Gasteiger partial charge on any atom is -0.488 e. The van der Waals surface area contributed by atoms with Crippen molar-refractivity contribution in [3.8, 4) is 5.75 Å². The summed E-state index contributed by atoms with van der Waals surface area (Å²) in [4.78, 5) is 30.8. The van der Waals surface area contributed by atoms with Crippen LogP contribution in [-0.4, -0.2) is 39.6 Å². The van der Waals surface area contributed by atoms with Crippen LogP contribution in [0.1, 0.15) is 21.9 Å². The van der Waals surface area contributed by atoms with Crippen LogP contribution in [0.15, 0.2) is 41.2 Å². The number of para-hydroxylation sites is 1. The van der Waals surface area contributed by atoms with Gasteiger partial charge in [-0.05, 0) is 25.1 Å². The van der Waals surface area contributed by atoms with Crippen LogP contribution < -0.4 is 10.3 Å². The summed E-state index contributed by atoms with van der Waals surface area (Å²) in [5.41, 5.74) is 1.59. The number of rotatable bonds is 3. The fourth-order valence-electron chi connectivity index (χ4n) is 3.11. The zero-order chi connectivity index (χ0) is 18.3. The van der Waals surface area contributed by atoms with Crippen LogP contribution in [0.5, 0.6) is 5.75 Å². The lowest BCUT2D eigenvalue weighted by atomic mass is 10.3. The molecule has 4 rings (SSSR count). The van der Waals surface area contributed by atoms with E-state index in [0.717, 1.165) is 22.3 Å². The molecule has 1 unspecified atom stereocenters. The third-order valence-electron chi connectivity index (χ3n) is 4.69. The third-order valence-corrected chi connectivity index (χ3v) is 5.71. The van der Waals surface area contributed by atoms with Gasteiger partial charge >= 0.3 is 0 Å². The predicted octanol–water partition coefficient (Wildman–Crippen LogP) is 2.60. The molecule has 0 spiro atoms. The average molecular weight is 369 g/mol. The first-order valence-corrected chi connectivity index (χ1v) is 9.32. The molecule has 134 valence electrons. The molecular formula is C19H19N3O3S. The van der Waals surface area contributed by atoms with Crippen molar-refractivity contribution in [1.29, 1.82) is 0 Å². The first kappa shape index (κ1) is 16.8. The van der Waals surface area contributed by atoms with Gasteiger partial charge in [0, 0.05) is 31.8 Å². The molecule has 1 fully saturated rings. The lowest BCUT2D eigenvalue weighted by molar-refractivity contribution is 0.0772. The number of fused-ring (bicyclic) bond motifs is 1. The molecule has 0 aliphatic carbocycles. The lowest BCUT2D eigenvalue weighted by Gasteiger charge is -2.16. The summed E-state index contributed by atoms with van der Waals surface area (Å²) in [6.45, 7) is 3.00. The van der Waals surface area contributed by atoms with Gasteiger partial charge in [0.1, 0.15) is 11.9 Å². The van der Waals surface area contributed by atoms with Crippen molar-refractivity contribution in [3.63, 3.8) is 0 Å². The molecule has 7 heteroatoms. The van der Waals surface area contributed by atoms with E-state index in [1.165, 1.54) is 17.4 Å².